The minimum atomic E-state index is -3.89. The number of thiazole rings is 1. The molecule has 0 atom stereocenters. The number of pyridine rings is 1. The molecule has 0 unspecified atom stereocenters. The molecule has 170 valence electrons. The van der Waals surface area contributed by atoms with Gasteiger partial charge in [0.15, 0.2) is 10.3 Å². The van der Waals surface area contributed by atoms with Gasteiger partial charge in [0, 0.05) is 25.3 Å². The standard InChI is InChI=1S/C22H19ClN4O4S2/c1-13(29)25-22-26-18-7-4-15(11-20(18)32-22)16-10-19(21(23)24-12-16)27-33(30,31)17-5-2-14(3-6-17)8-9-28/h2-7,10-12,27-28H,8-9H2,1H3,(H,25,26,29). The Bertz CT molecular complexity index is 1440. The molecule has 0 aliphatic carbocycles. The van der Waals surface area contributed by atoms with Crippen LogP contribution in [0.15, 0.2) is 59.6 Å². The normalized spacial score (nSPS) is 11.5. The smallest absolute Gasteiger partial charge is 0.261 e. The molecule has 2 aromatic carbocycles. The molecule has 0 aliphatic rings. The van der Waals surface area contributed by atoms with Crippen molar-refractivity contribution in [1.82, 2.24) is 9.97 Å². The van der Waals surface area contributed by atoms with Gasteiger partial charge in [-0.15, -0.1) is 0 Å². The molecule has 3 N–H and O–H groups in total. The Morgan fingerprint density at radius 3 is 2.58 bits per heavy atom. The van der Waals surface area contributed by atoms with Gasteiger partial charge in [-0.1, -0.05) is 41.1 Å². The number of fused-ring (bicyclic) bond motifs is 1. The maximum absolute atomic E-state index is 12.8. The zero-order valence-corrected chi connectivity index (χ0v) is 19.8. The number of aliphatic hydroxyl groups excluding tert-OH is 1. The summed E-state index contributed by atoms with van der Waals surface area (Å²) in [5, 5.41) is 12.2. The first-order chi connectivity index (χ1) is 15.7. The van der Waals surface area contributed by atoms with Gasteiger partial charge in [0.25, 0.3) is 10.0 Å². The molecule has 11 heteroatoms. The van der Waals surface area contributed by atoms with Crippen LogP contribution in [0.25, 0.3) is 21.3 Å². The Labute approximate surface area is 199 Å². The molecule has 0 spiro atoms. The molecule has 0 bridgehead atoms. The number of nitrogens with one attached hydrogen (secondary N) is 2. The first-order valence-electron chi connectivity index (χ1n) is 9.82. The third kappa shape index (κ3) is 5.31. The number of anilines is 2. The molecular formula is C22H19ClN4O4S2. The summed E-state index contributed by atoms with van der Waals surface area (Å²) in [5.41, 5.74) is 3.17. The number of halogens is 1. The van der Waals surface area contributed by atoms with Gasteiger partial charge in [-0.05, 0) is 47.9 Å². The van der Waals surface area contributed by atoms with Crippen LogP contribution in [0.4, 0.5) is 10.8 Å². The summed E-state index contributed by atoms with van der Waals surface area (Å²) in [4.78, 5) is 19.9. The number of hydrogen-bond donors (Lipinski definition) is 3. The highest BCUT2D eigenvalue weighted by Gasteiger charge is 2.17. The van der Waals surface area contributed by atoms with Crippen molar-refractivity contribution in [2.45, 2.75) is 18.2 Å². The minimum absolute atomic E-state index is 0.0136. The van der Waals surface area contributed by atoms with Crippen LogP contribution in [0.5, 0.6) is 0 Å². The third-order valence-electron chi connectivity index (χ3n) is 4.72. The van der Waals surface area contributed by atoms with Crippen LogP contribution >= 0.6 is 22.9 Å². The maximum Gasteiger partial charge on any atom is 0.261 e. The fourth-order valence-electron chi connectivity index (χ4n) is 3.15. The molecule has 8 nitrogen and oxygen atoms in total. The monoisotopic (exact) mass is 502 g/mol. The molecule has 4 aromatic rings. The van der Waals surface area contributed by atoms with Crippen molar-refractivity contribution in [2.75, 3.05) is 16.6 Å². The van der Waals surface area contributed by atoms with Gasteiger partial charge in [-0.2, -0.15) is 0 Å². The lowest BCUT2D eigenvalue weighted by atomic mass is 10.1. The van der Waals surface area contributed by atoms with E-state index >= 15 is 0 Å². The van der Waals surface area contributed by atoms with E-state index < -0.39 is 10.0 Å². The topological polar surface area (TPSA) is 121 Å². The van der Waals surface area contributed by atoms with Gasteiger partial charge in [0.2, 0.25) is 5.91 Å². The van der Waals surface area contributed by atoms with E-state index in [2.05, 4.69) is 20.0 Å². The maximum atomic E-state index is 12.8. The van der Waals surface area contributed by atoms with E-state index in [0.29, 0.717) is 17.1 Å². The Kier molecular flexibility index (Phi) is 6.61. The van der Waals surface area contributed by atoms with Gasteiger partial charge in [0.05, 0.1) is 20.8 Å². The van der Waals surface area contributed by atoms with Crippen molar-refractivity contribution in [2.24, 2.45) is 0 Å². The molecule has 0 aliphatic heterocycles. The van der Waals surface area contributed by atoms with Crippen molar-refractivity contribution < 1.29 is 18.3 Å². The van der Waals surface area contributed by atoms with Gasteiger partial charge in [0.1, 0.15) is 0 Å². The van der Waals surface area contributed by atoms with E-state index in [1.807, 2.05) is 18.2 Å². The van der Waals surface area contributed by atoms with Crippen LogP contribution < -0.4 is 10.0 Å². The Morgan fingerprint density at radius 1 is 1.12 bits per heavy atom. The van der Waals surface area contributed by atoms with E-state index in [0.717, 1.165) is 21.3 Å². The summed E-state index contributed by atoms with van der Waals surface area (Å²) in [7, 11) is -3.89. The molecule has 0 saturated heterocycles. The lowest BCUT2D eigenvalue weighted by Crippen LogP contribution is -2.13. The van der Waals surface area contributed by atoms with Crippen molar-refractivity contribution in [1.29, 1.82) is 0 Å². The Morgan fingerprint density at radius 2 is 1.88 bits per heavy atom. The second kappa shape index (κ2) is 9.44. The molecule has 33 heavy (non-hydrogen) atoms. The van der Waals surface area contributed by atoms with E-state index in [1.54, 1.807) is 24.4 Å². The highest BCUT2D eigenvalue weighted by atomic mass is 35.5. The number of hydrogen-bond acceptors (Lipinski definition) is 7. The van der Waals surface area contributed by atoms with Crippen LogP contribution in [-0.4, -0.2) is 36.0 Å². The fraction of sp³-hybridized carbons (Fsp3) is 0.136. The van der Waals surface area contributed by atoms with Crippen LogP contribution in [0, 0.1) is 0 Å². The highest BCUT2D eigenvalue weighted by molar-refractivity contribution is 7.92. The average Bonchev–Trinajstić information content (AvgIpc) is 3.16. The summed E-state index contributed by atoms with van der Waals surface area (Å²) in [5.74, 6) is -0.198. The molecule has 0 saturated carbocycles. The summed E-state index contributed by atoms with van der Waals surface area (Å²) < 4.78 is 29.1. The van der Waals surface area contributed by atoms with Gasteiger partial charge < -0.3 is 10.4 Å². The highest BCUT2D eigenvalue weighted by Crippen LogP contribution is 2.33. The summed E-state index contributed by atoms with van der Waals surface area (Å²) >= 11 is 7.51. The summed E-state index contributed by atoms with van der Waals surface area (Å²) in [6.45, 7) is 1.41. The first kappa shape index (κ1) is 23.1. The van der Waals surface area contributed by atoms with Crippen molar-refractivity contribution in [3.8, 4) is 11.1 Å². The largest absolute Gasteiger partial charge is 0.396 e. The number of aliphatic hydroxyl groups is 1. The van der Waals surface area contributed by atoms with Crippen LogP contribution in [0.3, 0.4) is 0 Å². The van der Waals surface area contributed by atoms with E-state index in [1.165, 1.54) is 30.4 Å². The Hall–Kier alpha value is -3.05. The minimum Gasteiger partial charge on any atom is -0.396 e. The van der Waals surface area contributed by atoms with Crippen molar-refractivity contribution in [3.63, 3.8) is 0 Å². The first-order valence-corrected chi connectivity index (χ1v) is 12.5. The zero-order chi connectivity index (χ0) is 23.6. The lowest BCUT2D eigenvalue weighted by molar-refractivity contribution is -0.114. The SMILES string of the molecule is CC(=O)Nc1nc2ccc(-c3cnc(Cl)c(NS(=O)(=O)c4ccc(CCO)cc4)c3)cc2s1. The van der Waals surface area contributed by atoms with E-state index in [4.69, 9.17) is 16.7 Å². The van der Waals surface area contributed by atoms with Crippen LogP contribution in [-0.2, 0) is 21.2 Å². The van der Waals surface area contributed by atoms with Gasteiger partial charge in [-0.25, -0.2) is 18.4 Å². The third-order valence-corrected chi connectivity index (χ3v) is 7.34. The number of rotatable bonds is 7. The second-order valence-electron chi connectivity index (χ2n) is 7.17. The second-order valence-corrected chi connectivity index (χ2v) is 10.2. The molecule has 1 amide bonds. The molecule has 4 rings (SSSR count). The summed E-state index contributed by atoms with van der Waals surface area (Å²) in [6.07, 6.45) is 2.00. The number of amides is 1. The fourth-order valence-corrected chi connectivity index (χ4v) is 5.37. The average molecular weight is 503 g/mol. The quantitative estimate of drug-likeness (QED) is 0.324. The van der Waals surface area contributed by atoms with Crippen LogP contribution in [0.1, 0.15) is 12.5 Å². The number of carbonyl (C=O) groups excluding carboxylic acids is 1. The molecular weight excluding hydrogens is 484 g/mol. The van der Waals surface area contributed by atoms with Gasteiger partial charge in [-0.3, -0.25) is 9.52 Å². The zero-order valence-electron chi connectivity index (χ0n) is 17.4. The van der Waals surface area contributed by atoms with E-state index in [9.17, 15) is 13.2 Å². The lowest BCUT2D eigenvalue weighted by Gasteiger charge is -2.11. The predicted octanol–water partition coefficient (Wildman–Crippen LogP) is 4.31. The van der Waals surface area contributed by atoms with Crippen molar-refractivity contribution >= 4 is 59.9 Å². The summed E-state index contributed by atoms with van der Waals surface area (Å²) in [6, 6.07) is 13.4. The van der Waals surface area contributed by atoms with Gasteiger partial charge >= 0.3 is 0 Å². The Balaban J connectivity index is 1.63. The number of sulfonamides is 1. The number of aromatic nitrogens is 2. The number of nitrogens with zero attached hydrogens (tertiary/aromatic N) is 2. The predicted molar refractivity (Wildman–Crippen MR) is 130 cm³/mol. The molecule has 0 fully saturated rings. The number of benzene rings is 2. The number of carbonyl (C=O) groups is 1. The van der Waals surface area contributed by atoms with Crippen molar-refractivity contribution in [3.05, 3.63) is 65.4 Å². The molecule has 2 heterocycles. The van der Waals surface area contributed by atoms with E-state index in [-0.39, 0.29) is 28.3 Å². The molecule has 0 radical (unpaired) electrons. The molecule has 2 aromatic heterocycles. The van der Waals surface area contributed by atoms with Crippen LogP contribution in [0.2, 0.25) is 5.15 Å².